The first-order valence-electron chi connectivity index (χ1n) is 10.9. The number of hydrogen-bond donors (Lipinski definition) is 3. The molecular weight excluding hydrogens is 449 g/mol. The van der Waals surface area contributed by atoms with E-state index >= 15 is 0 Å². The molecule has 1 aliphatic carbocycles. The van der Waals surface area contributed by atoms with Crippen molar-refractivity contribution in [3.05, 3.63) is 53.6 Å². The van der Waals surface area contributed by atoms with E-state index in [1.54, 1.807) is 13.2 Å². The maximum absolute atomic E-state index is 11.6. The Morgan fingerprint density at radius 3 is 2.15 bits per heavy atom. The van der Waals surface area contributed by atoms with Crippen molar-refractivity contribution < 1.29 is 32.6 Å². The van der Waals surface area contributed by atoms with Crippen LogP contribution in [-0.2, 0) is 11.3 Å². The van der Waals surface area contributed by atoms with Crippen LogP contribution in [0.15, 0.2) is 42.5 Å². The molecule has 1 saturated carbocycles. The van der Waals surface area contributed by atoms with E-state index in [1.807, 2.05) is 12.1 Å². The van der Waals surface area contributed by atoms with Crippen molar-refractivity contribution in [1.82, 2.24) is 5.32 Å². The molecule has 34 heavy (non-hydrogen) atoms. The number of methoxy groups -OCH3 is 1. The Bertz CT molecular complexity index is 979. The van der Waals surface area contributed by atoms with Gasteiger partial charge < -0.3 is 20.9 Å². The molecule has 4 N–H and O–H groups in total. The minimum absolute atomic E-state index is 0.404. The molecule has 0 aromatic heterocycles. The van der Waals surface area contributed by atoms with Crippen molar-refractivity contribution in [3.8, 4) is 16.9 Å². The summed E-state index contributed by atoms with van der Waals surface area (Å²) in [7, 11) is 1.56. The summed E-state index contributed by atoms with van der Waals surface area (Å²) in [5, 5.41) is 10.8. The second-order valence-electron chi connectivity index (χ2n) is 9.07. The summed E-state index contributed by atoms with van der Waals surface area (Å²) in [4.78, 5) is 20.5. The predicted octanol–water partition coefficient (Wildman–Crippen LogP) is 5.15. The van der Waals surface area contributed by atoms with Crippen molar-refractivity contribution >= 4 is 11.9 Å². The number of carboxylic acid groups (broad SMARTS) is 1. The average molecular weight is 481 g/mol. The number of primary amides is 1. The molecule has 1 amide bonds. The molecule has 2 aromatic carbocycles. The number of amides is 1. The summed E-state index contributed by atoms with van der Waals surface area (Å²) in [5.41, 5.74) is 9.51. The van der Waals surface area contributed by atoms with E-state index in [4.69, 9.17) is 20.4 Å². The number of nitrogens with two attached hydrogens (primary N) is 1. The number of halogens is 3. The van der Waals surface area contributed by atoms with Crippen LogP contribution in [0.4, 0.5) is 13.2 Å². The van der Waals surface area contributed by atoms with Gasteiger partial charge in [0.1, 0.15) is 5.75 Å². The lowest BCUT2D eigenvalue weighted by molar-refractivity contribution is -0.192. The third kappa shape index (κ3) is 7.76. The normalized spacial score (nSPS) is 15.7. The van der Waals surface area contributed by atoms with Crippen LogP contribution in [0.5, 0.6) is 5.75 Å². The largest absolute Gasteiger partial charge is 0.495 e. The summed E-state index contributed by atoms with van der Waals surface area (Å²) < 4.78 is 37.2. The highest BCUT2D eigenvalue weighted by molar-refractivity contribution is 5.98. The number of carboxylic acids is 1. The van der Waals surface area contributed by atoms with Gasteiger partial charge in [-0.2, -0.15) is 13.2 Å². The number of alkyl halides is 3. The zero-order valence-electron chi connectivity index (χ0n) is 19.5. The van der Waals surface area contributed by atoms with Crippen molar-refractivity contribution in [2.45, 2.75) is 58.3 Å². The Morgan fingerprint density at radius 1 is 1.12 bits per heavy atom. The Morgan fingerprint density at radius 2 is 1.68 bits per heavy atom. The lowest BCUT2D eigenvalue weighted by atomic mass is 9.75. The molecule has 9 heteroatoms. The number of carbonyl (C=O) groups is 2. The molecule has 1 fully saturated rings. The summed E-state index contributed by atoms with van der Waals surface area (Å²) >= 11 is 0. The molecule has 6 nitrogen and oxygen atoms in total. The van der Waals surface area contributed by atoms with Crippen LogP contribution in [0.25, 0.3) is 11.1 Å². The lowest BCUT2D eigenvalue weighted by Crippen LogP contribution is -2.35. The Balaban J connectivity index is 0.000000509. The van der Waals surface area contributed by atoms with Gasteiger partial charge in [0.2, 0.25) is 0 Å². The van der Waals surface area contributed by atoms with Gasteiger partial charge in [-0.1, -0.05) is 50.2 Å². The number of aliphatic carboxylic acids is 1. The third-order valence-corrected chi connectivity index (χ3v) is 5.93. The van der Waals surface area contributed by atoms with Gasteiger partial charge in [0.25, 0.3) is 5.91 Å². The standard InChI is InChI=1S/C23H30N2O2.C2HF3O2/c1-23(2)13-11-18(12-14-23)25-15-16-7-9-17(10-8-16)19-5-4-6-20(22(24)26)21(19)27-3;3-2(4,5)1(6)7/h4-10,18,25H,11-15H2,1-3H3,(H2,24,26);(H,6,7). The third-order valence-electron chi connectivity index (χ3n) is 5.93. The second kappa shape index (κ2) is 11.4. The fraction of sp³-hybridized carbons (Fsp3) is 0.440. The van der Waals surface area contributed by atoms with E-state index in [0.29, 0.717) is 22.8 Å². The van der Waals surface area contributed by atoms with E-state index < -0.39 is 18.1 Å². The van der Waals surface area contributed by atoms with Gasteiger partial charge in [-0.05, 0) is 48.3 Å². The van der Waals surface area contributed by atoms with Crippen LogP contribution in [0.1, 0.15) is 55.5 Å². The first kappa shape index (κ1) is 27.2. The smallest absolute Gasteiger partial charge is 0.490 e. The van der Waals surface area contributed by atoms with E-state index in [0.717, 1.165) is 17.7 Å². The second-order valence-corrected chi connectivity index (χ2v) is 9.07. The number of carbonyl (C=O) groups excluding carboxylic acids is 1. The molecule has 0 heterocycles. The summed E-state index contributed by atoms with van der Waals surface area (Å²) in [6, 6.07) is 14.5. The van der Waals surface area contributed by atoms with E-state index in [-0.39, 0.29) is 0 Å². The van der Waals surface area contributed by atoms with Gasteiger partial charge in [-0.25, -0.2) is 4.79 Å². The fourth-order valence-corrected chi connectivity index (χ4v) is 3.85. The van der Waals surface area contributed by atoms with Crippen molar-refractivity contribution in [1.29, 1.82) is 0 Å². The van der Waals surface area contributed by atoms with Gasteiger partial charge in [0.15, 0.2) is 0 Å². The molecule has 0 unspecified atom stereocenters. The first-order valence-corrected chi connectivity index (χ1v) is 10.9. The van der Waals surface area contributed by atoms with E-state index in [2.05, 4.69) is 43.4 Å². The van der Waals surface area contributed by atoms with Crippen molar-refractivity contribution in [2.24, 2.45) is 11.1 Å². The van der Waals surface area contributed by atoms with Gasteiger partial charge in [-0.3, -0.25) is 4.79 Å². The van der Waals surface area contributed by atoms with Crippen LogP contribution < -0.4 is 15.8 Å². The maximum Gasteiger partial charge on any atom is 0.490 e. The molecule has 1 aliphatic rings. The molecule has 186 valence electrons. The average Bonchev–Trinajstić information content (AvgIpc) is 2.78. The van der Waals surface area contributed by atoms with E-state index in [9.17, 15) is 18.0 Å². The van der Waals surface area contributed by atoms with Crippen LogP contribution in [0.3, 0.4) is 0 Å². The number of benzene rings is 2. The van der Waals surface area contributed by atoms with Crippen molar-refractivity contribution in [3.63, 3.8) is 0 Å². The molecular formula is C25H31F3N2O4. The minimum atomic E-state index is -5.08. The predicted molar refractivity (Wildman–Crippen MR) is 124 cm³/mol. The van der Waals surface area contributed by atoms with Gasteiger partial charge >= 0.3 is 12.1 Å². The number of ether oxygens (including phenoxy) is 1. The number of rotatable bonds is 6. The highest BCUT2D eigenvalue weighted by Gasteiger charge is 2.38. The quantitative estimate of drug-likeness (QED) is 0.531. The number of nitrogens with one attached hydrogen (secondary N) is 1. The zero-order valence-corrected chi connectivity index (χ0v) is 19.5. The van der Waals surface area contributed by atoms with Gasteiger partial charge in [0.05, 0.1) is 12.7 Å². The SMILES string of the molecule is COc1c(C(N)=O)cccc1-c1ccc(CNC2CCC(C)(C)CC2)cc1.O=C(O)C(F)(F)F. The van der Waals surface area contributed by atoms with Crippen LogP contribution >= 0.6 is 0 Å². The van der Waals surface area contributed by atoms with Gasteiger partial charge in [-0.15, -0.1) is 0 Å². The summed E-state index contributed by atoms with van der Waals surface area (Å²) in [5.74, 6) is -2.71. The summed E-state index contributed by atoms with van der Waals surface area (Å²) in [6.07, 6.45) is 0.00356. The number of hydrogen-bond acceptors (Lipinski definition) is 4. The first-order chi connectivity index (χ1) is 15.8. The zero-order chi connectivity index (χ0) is 25.5. The highest BCUT2D eigenvalue weighted by atomic mass is 19.4. The van der Waals surface area contributed by atoms with E-state index in [1.165, 1.54) is 31.2 Å². The molecule has 0 saturated heterocycles. The molecule has 0 atom stereocenters. The van der Waals surface area contributed by atoms with Crippen molar-refractivity contribution in [2.75, 3.05) is 7.11 Å². The molecule has 0 spiro atoms. The molecule has 2 aromatic rings. The Labute approximate surface area is 197 Å². The van der Waals surface area contributed by atoms with Crippen LogP contribution in [0.2, 0.25) is 0 Å². The Hall–Kier alpha value is -3.07. The van der Waals surface area contributed by atoms with Crippen LogP contribution in [0, 0.1) is 5.41 Å². The molecule has 0 radical (unpaired) electrons. The van der Waals surface area contributed by atoms with Gasteiger partial charge in [0, 0.05) is 18.2 Å². The molecule has 0 aliphatic heterocycles. The topological polar surface area (TPSA) is 102 Å². The lowest BCUT2D eigenvalue weighted by Gasteiger charge is -2.34. The minimum Gasteiger partial charge on any atom is -0.495 e. The monoisotopic (exact) mass is 480 g/mol. The molecule has 3 rings (SSSR count). The molecule has 0 bridgehead atoms. The fourth-order valence-electron chi connectivity index (χ4n) is 3.85. The summed E-state index contributed by atoms with van der Waals surface area (Å²) in [6.45, 7) is 5.61. The van der Waals surface area contributed by atoms with Crippen LogP contribution in [-0.4, -0.2) is 36.3 Å². The highest BCUT2D eigenvalue weighted by Crippen LogP contribution is 2.35. The number of para-hydroxylation sites is 1. The Kier molecular flexibility index (Phi) is 9.09. The maximum atomic E-state index is 11.6.